The SMILES string of the molecule is Cc1nn(C)cc1Cn1c(=S)[nH]c2ccc(F)cc21. The highest BCUT2D eigenvalue weighted by atomic mass is 32.1. The molecule has 0 saturated heterocycles. The fourth-order valence-electron chi connectivity index (χ4n) is 2.26. The molecule has 98 valence electrons. The van der Waals surface area contributed by atoms with Crippen molar-refractivity contribution >= 4 is 23.3 Å². The second-order valence-electron chi connectivity index (χ2n) is 4.59. The molecule has 0 fully saturated rings. The highest BCUT2D eigenvalue weighted by Gasteiger charge is 2.09. The topological polar surface area (TPSA) is 38.5 Å². The van der Waals surface area contributed by atoms with Crippen LogP contribution in [0.4, 0.5) is 4.39 Å². The first-order valence-corrected chi connectivity index (χ1v) is 6.32. The maximum atomic E-state index is 13.4. The molecule has 0 spiro atoms. The molecule has 0 aliphatic carbocycles. The molecule has 0 bridgehead atoms. The standard InChI is InChI=1S/C13H13FN4S/c1-8-9(6-17(2)16-8)7-18-12-5-10(14)3-4-11(12)15-13(18)19/h3-6H,7H2,1-2H3,(H,15,19). The maximum absolute atomic E-state index is 13.4. The van der Waals surface area contributed by atoms with Crippen LogP contribution in [0.25, 0.3) is 11.0 Å². The highest BCUT2D eigenvalue weighted by Crippen LogP contribution is 2.18. The van der Waals surface area contributed by atoms with Gasteiger partial charge >= 0.3 is 0 Å². The summed E-state index contributed by atoms with van der Waals surface area (Å²) in [5, 5.41) is 4.30. The Labute approximate surface area is 114 Å². The number of hydrogen-bond donors (Lipinski definition) is 1. The van der Waals surface area contributed by atoms with Gasteiger partial charge in [0, 0.05) is 18.8 Å². The van der Waals surface area contributed by atoms with Gasteiger partial charge in [0.05, 0.1) is 23.3 Å². The van der Waals surface area contributed by atoms with Gasteiger partial charge in [-0.1, -0.05) is 0 Å². The molecule has 0 radical (unpaired) electrons. The first kappa shape index (κ1) is 12.1. The Morgan fingerprint density at radius 2 is 2.21 bits per heavy atom. The molecule has 0 aliphatic rings. The number of nitrogens with one attached hydrogen (secondary N) is 1. The molecule has 2 heterocycles. The quantitative estimate of drug-likeness (QED) is 0.731. The van der Waals surface area contributed by atoms with Gasteiger partial charge in [-0.05, 0) is 37.3 Å². The number of H-pyrrole nitrogens is 1. The van der Waals surface area contributed by atoms with Crippen molar-refractivity contribution in [1.82, 2.24) is 19.3 Å². The van der Waals surface area contributed by atoms with E-state index in [1.165, 1.54) is 12.1 Å². The van der Waals surface area contributed by atoms with E-state index in [9.17, 15) is 4.39 Å². The Balaban J connectivity index is 2.14. The number of halogens is 1. The van der Waals surface area contributed by atoms with Crippen molar-refractivity contribution in [2.75, 3.05) is 0 Å². The average Bonchev–Trinajstić information content (AvgIpc) is 2.81. The van der Waals surface area contributed by atoms with Crippen LogP contribution in [-0.4, -0.2) is 19.3 Å². The molecule has 19 heavy (non-hydrogen) atoms. The minimum atomic E-state index is -0.266. The van der Waals surface area contributed by atoms with Crippen LogP contribution in [0.1, 0.15) is 11.3 Å². The van der Waals surface area contributed by atoms with Gasteiger partial charge in [0.15, 0.2) is 4.77 Å². The van der Waals surface area contributed by atoms with Crippen molar-refractivity contribution in [2.24, 2.45) is 7.05 Å². The number of imidazole rings is 1. The van der Waals surface area contributed by atoms with Crippen molar-refractivity contribution in [3.8, 4) is 0 Å². The second kappa shape index (κ2) is 4.31. The summed E-state index contributed by atoms with van der Waals surface area (Å²) >= 11 is 5.30. The van der Waals surface area contributed by atoms with Crippen LogP contribution in [0.3, 0.4) is 0 Å². The van der Waals surface area contributed by atoms with Crippen LogP contribution in [0.15, 0.2) is 24.4 Å². The Hall–Kier alpha value is -1.95. The molecule has 0 amide bonds. The zero-order valence-corrected chi connectivity index (χ0v) is 11.5. The van der Waals surface area contributed by atoms with E-state index in [2.05, 4.69) is 10.1 Å². The molecule has 0 saturated carbocycles. The van der Waals surface area contributed by atoms with E-state index in [4.69, 9.17) is 12.2 Å². The number of rotatable bonds is 2. The van der Waals surface area contributed by atoms with Gasteiger partial charge in [0.25, 0.3) is 0 Å². The third-order valence-electron chi connectivity index (χ3n) is 3.18. The van der Waals surface area contributed by atoms with E-state index in [0.29, 0.717) is 11.3 Å². The van der Waals surface area contributed by atoms with E-state index in [-0.39, 0.29) is 5.82 Å². The van der Waals surface area contributed by atoms with Gasteiger partial charge in [-0.15, -0.1) is 0 Å². The Morgan fingerprint density at radius 3 is 2.89 bits per heavy atom. The van der Waals surface area contributed by atoms with Crippen LogP contribution >= 0.6 is 12.2 Å². The van der Waals surface area contributed by atoms with Gasteiger partial charge in [-0.25, -0.2) is 4.39 Å². The van der Waals surface area contributed by atoms with Crippen molar-refractivity contribution < 1.29 is 4.39 Å². The molecule has 3 rings (SSSR count). The van der Waals surface area contributed by atoms with E-state index >= 15 is 0 Å². The second-order valence-corrected chi connectivity index (χ2v) is 4.98. The number of fused-ring (bicyclic) bond motifs is 1. The van der Waals surface area contributed by atoms with Crippen molar-refractivity contribution in [3.63, 3.8) is 0 Å². The lowest BCUT2D eigenvalue weighted by atomic mass is 10.2. The fraction of sp³-hybridized carbons (Fsp3) is 0.231. The monoisotopic (exact) mass is 276 g/mol. The fourth-order valence-corrected chi connectivity index (χ4v) is 2.53. The Bertz CT molecular complexity index is 812. The number of aryl methyl sites for hydroxylation is 2. The number of aromatic amines is 1. The third kappa shape index (κ3) is 2.08. The van der Waals surface area contributed by atoms with E-state index < -0.39 is 0 Å². The van der Waals surface area contributed by atoms with Crippen LogP contribution in [0.2, 0.25) is 0 Å². The Morgan fingerprint density at radius 1 is 1.42 bits per heavy atom. The van der Waals surface area contributed by atoms with Crippen LogP contribution in [0.5, 0.6) is 0 Å². The molecular formula is C13H13FN4S. The summed E-state index contributed by atoms with van der Waals surface area (Å²) in [7, 11) is 1.88. The first-order chi connectivity index (χ1) is 9.04. The molecule has 0 aliphatic heterocycles. The number of hydrogen-bond acceptors (Lipinski definition) is 2. The van der Waals surface area contributed by atoms with Crippen molar-refractivity contribution in [2.45, 2.75) is 13.5 Å². The largest absolute Gasteiger partial charge is 0.331 e. The van der Waals surface area contributed by atoms with Gasteiger partial charge in [0.2, 0.25) is 0 Å². The molecule has 6 heteroatoms. The number of aromatic nitrogens is 4. The van der Waals surface area contributed by atoms with Gasteiger partial charge in [-0.3, -0.25) is 4.68 Å². The smallest absolute Gasteiger partial charge is 0.178 e. The molecule has 0 unspecified atom stereocenters. The molecule has 0 atom stereocenters. The summed E-state index contributed by atoms with van der Waals surface area (Å²) in [6, 6.07) is 4.62. The normalized spacial score (nSPS) is 11.3. The van der Waals surface area contributed by atoms with Crippen molar-refractivity contribution in [3.05, 3.63) is 46.2 Å². The lowest BCUT2D eigenvalue weighted by Gasteiger charge is -2.03. The lowest BCUT2D eigenvalue weighted by molar-refractivity contribution is 0.628. The predicted molar refractivity (Wildman–Crippen MR) is 74.1 cm³/mol. The molecular weight excluding hydrogens is 263 g/mol. The van der Waals surface area contributed by atoms with E-state index in [0.717, 1.165) is 22.3 Å². The number of benzene rings is 1. The van der Waals surface area contributed by atoms with Crippen LogP contribution in [0, 0.1) is 17.5 Å². The lowest BCUT2D eigenvalue weighted by Crippen LogP contribution is -2.00. The first-order valence-electron chi connectivity index (χ1n) is 5.92. The van der Waals surface area contributed by atoms with Gasteiger partial charge in [-0.2, -0.15) is 5.10 Å². The van der Waals surface area contributed by atoms with Crippen LogP contribution in [-0.2, 0) is 13.6 Å². The van der Waals surface area contributed by atoms with Gasteiger partial charge in [0.1, 0.15) is 5.82 Å². The maximum Gasteiger partial charge on any atom is 0.178 e. The third-order valence-corrected chi connectivity index (χ3v) is 3.50. The average molecular weight is 276 g/mol. The zero-order valence-electron chi connectivity index (χ0n) is 10.6. The van der Waals surface area contributed by atoms with E-state index in [1.54, 1.807) is 10.7 Å². The minimum Gasteiger partial charge on any atom is -0.331 e. The minimum absolute atomic E-state index is 0.266. The molecule has 3 aromatic rings. The summed E-state index contributed by atoms with van der Waals surface area (Å²) in [6.07, 6.45) is 1.95. The number of nitrogens with zero attached hydrogens (tertiary/aromatic N) is 3. The molecule has 2 aromatic heterocycles. The molecule has 1 aromatic carbocycles. The summed E-state index contributed by atoms with van der Waals surface area (Å²) in [5.41, 5.74) is 3.64. The summed E-state index contributed by atoms with van der Waals surface area (Å²) in [4.78, 5) is 3.08. The predicted octanol–water partition coefficient (Wildman–Crippen LogP) is 2.93. The Kier molecular flexibility index (Phi) is 2.74. The molecule has 1 N–H and O–H groups in total. The summed E-state index contributed by atoms with van der Waals surface area (Å²) in [5.74, 6) is -0.266. The van der Waals surface area contributed by atoms with Gasteiger partial charge < -0.3 is 9.55 Å². The molecule has 4 nitrogen and oxygen atoms in total. The summed E-state index contributed by atoms with van der Waals surface area (Å²) in [6.45, 7) is 2.54. The van der Waals surface area contributed by atoms with E-state index in [1.807, 2.05) is 24.7 Å². The van der Waals surface area contributed by atoms with Crippen LogP contribution < -0.4 is 0 Å². The van der Waals surface area contributed by atoms with Crippen molar-refractivity contribution in [1.29, 1.82) is 0 Å². The summed E-state index contributed by atoms with van der Waals surface area (Å²) < 4.78 is 17.6. The highest BCUT2D eigenvalue weighted by molar-refractivity contribution is 7.71. The zero-order chi connectivity index (χ0) is 13.6.